The summed E-state index contributed by atoms with van der Waals surface area (Å²) >= 11 is 0. The van der Waals surface area contributed by atoms with Crippen molar-refractivity contribution < 1.29 is 8.42 Å². The van der Waals surface area contributed by atoms with E-state index < -0.39 is 9.84 Å². The van der Waals surface area contributed by atoms with Gasteiger partial charge in [0.25, 0.3) is 0 Å². The second-order valence-corrected chi connectivity index (χ2v) is 6.31. The molecule has 1 N–H and O–H groups in total. The van der Waals surface area contributed by atoms with Gasteiger partial charge in [-0.05, 0) is 26.1 Å². The van der Waals surface area contributed by atoms with Crippen LogP contribution in [0, 0.1) is 0 Å². The molecule has 0 aromatic rings. The van der Waals surface area contributed by atoms with Crippen LogP contribution in [0.25, 0.3) is 0 Å². The number of nitrogens with zero attached hydrogens (tertiary/aromatic N) is 1. The van der Waals surface area contributed by atoms with Crippen molar-refractivity contribution in [3.05, 3.63) is 0 Å². The molecule has 1 saturated heterocycles. The Morgan fingerprint density at radius 2 is 2.00 bits per heavy atom. The van der Waals surface area contributed by atoms with Crippen LogP contribution < -0.4 is 5.32 Å². The summed E-state index contributed by atoms with van der Waals surface area (Å²) in [5.41, 5.74) is 0. The lowest BCUT2D eigenvalue weighted by Crippen LogP contribution is -2.46. The highest BCUT2D eigenvalue weighted by Gasteiger charge is 2.23. The molecule has 0 saturated carbocycles. The monoisotopic (exact) mass is 234 g/mol. The first-order valence-corrected chi connectivity index (χ1v) is 7.55. The zero-order valence-electron chi connectivity index (χ0n) is 9.70. The predicted molar refractivity (Wildman–Crippen MR) is 62.8 cm³/mol. The van der Waals surface area contributed by atoms with Crippen molar-refractivity contribution >= 4 is 9.84 Å². The molecule has 0 aromatic heterocycles. The van der Waals surface area contributed by atoms with Crippen LogP contribution >= 0.6 is 0 Å². The van der Waals surface area contributed by atoms with Crippen LogP contribution in [-0.4, -0.2) is 57.0 Å². The molecule has 1 aliphatic rings. The Morgan fingerprint density at radius 3 is 2.53 bits per heavy atom. The second kappa shape index (κ2) is 5.82. The summed E-state index contributed by atoms with van der Waals surface area (Å²) in [5.74, 6) is 0.614. The van der Waals surface area contributed by atoms with E-state index in [0.29, 0.717) is 18.1 Å². The first-order valence-electron chi connectivity index (χ1n) is 5.73. The molecule has 0 spiro atoms. The van der Waals surface area contributed by atoms with E-state index in [1.54, 1.807) is 0 Å². The van der Waals surface area contributed by atoms with Gasteiger partial charge in [0, 0.05) is 12.6 Å². The highest BCUT2D eigenvalue weighted by Crippen LogP contribution is 2.05. The van der Waals surface area contributed by atoms with E-state index in [-0.39, 0.29) is 6.04 Å². The molecular formula is C10H22N2O2S. The Bertz CT molecular complexity index is 273. The topological polar surface area (TPSA) is 49.4 Å². The maximum atomic E-state index is 11.4. The largest absolute Gasteiger partial charge is 0.312 e. The van der Waals surface area contributed by atoms with Crippen molar-refractivity contribution in [1.82, 2.24) is 10.2 Å². The molecule has 0 bridgehead atoms. The van der Waals surface area contributed by atoms with Gasteiger partial charge in [0.1, 0.15) is 0 Å². The van der Waals surface area contributed by atoms with E-state index in [4.69, 9.17) is 0 Å². The third-order valence-corrected chi connectivity index (χ3v) is 4.73. The predicted octanol–water partition coefficient (Wildman–Crippen LogP) is 0.105. The number of hydrogen-bond acceptors (Lipinski definition) is 4. The van der Waals surface area contributed by atoms with Crippen molar-refractivity contribution in [2.45, 2.75) is 26.3 Å². The van der Waals surface area contributed by atoms with Gasteiger partial charge in [0.15, 0.2) is 9.84 Å². The minimum Gasteiger partial charge on any atom is -0.312 e. The fourth-order valence-corrected chi connectivity index (χ4v) is 3.42. The quantitative estimate of drug-likeness (QED) is 0.733. The number of rotatable bonds is 5. The second-order valence-electron chi connectivity index (χ2n) is 4.08. The normalized spacial score (nSPS) is 25.7. The summed E-state index contributed by atoms with van der Waals surface area (Å²) < 4.78 is 22.8. The van der Waals surface area contributed by atoms with Gasteiger partial charge in [-0.1, -0.05) is 13.8 Å². The maximum Gasteiger partial charge on any atom is 0.153 e. The molecule has 0 aromatic carbocycles. The Hall–Kier alpha value is -0.130. The summed E-state index contributed by atoms with van der Waals surface area (Å²) in [4.78, 5) is 2.32. The Balaban J connectivity index is 2.32. The maximum absolute atomic E-state index is 11.4. The molecule has 15 heavy (non-hydrogen) atoms. The number of sulfone groups is 1. The fourth-order valence-electron chi connectivity index (χ4n) is 1.93. The first kappa shape index (κ1) is 12.9. The lowest BCUT2D eigenvalue weighted by molar-refractivity contribution is 0.284. The smallest absolute Gasteiger partial charge is 0.153 e. The first-order chi connectivity index (χ1) is 7.07. The van der Waals surface area contributed by atoms with Gasteiger partial charge in [-0.15, -0.1) is 0 Å². The SMILES string of the molecule is CCN(CC)CCC1CS(=O)(=O)CCN1. The number of nitrogens with one attached hydrogen (secondary N) is 1. The molecule has 0 aliphatic carbocycles. The van der Waals surface area contributed by atoms with Gasteiger partial charge in [-0.3, -0.25) is 0 Å². The van der Waals surface area contributed by atoms with Crippen molar-refractivity contribution in [2.75, 3.05) is 37.7 Å². The third kappa shape index (κ3) is 4.49. The van der Waals surface area contributed by atoms with E-state index in [2.05, 4.69) is 24.1 Å². The molecular weight excluding hydrogens is 212 g/mol. The minimum absolute atomic E-state index is 0.157. The number of hydrogen-bond donors (Lipinski definition) is 1. The summed E-state index contributed by atoms with van der Waals surface area (Å²) in [5, 5.41) is 3.27. The van der Waals surface area contributed by atoms with Gasteiger partial charge in [0.2, 0.25) is 0 Å². The van der Waals surface area contributed by atoms with E-state index in [0.717, 1.165) is 26.1 Å². The van der Waals surface area contributed by atoms with E-state index in [1.165, 1.54) is 0 Å². The zero-order valence-corrected chi connectivity index (χ0v) is 10.5. The van der Waals surface area contributed by atoms with E-state index in [1.807, 2.05) is 0 Å². The van der Waals surface area contributed by atoms with E-state index >= 15 is 0 Å². The molecule has 90 valence electrons. The van der Waals surface area contributed by atoms with Crippen LogP contribution in [0.5, 0.6) is 0 Å². The average Bonchev–Trinajstić information content (AvgIpc) is 2.18. The molecule has 4 nitrogen and oxygen atoms in total. The molecule has 1 rings (SSSR count). The molecule has 5 heteroatoms. The minimum atomic E-state index is -2.77. The molecule has 0 amide bonds. The van der Waals surface area contributed by atoms with Gasteiger partial charge in [-0.25, -0.2) is 8.42 Å². The summed E-state index contributed by atoms with van der Waals surface area (Å²) in [6.45, 7) is 7.94. The molecule has 1 aliphatic heterocycles. The lowest BCUT2D eigenvalue weighted by atomic mass is 10.2. The Morgan fingerprint density at radius 1 is 1.33 bits per heavy atom. The van der Waals surface area contributed by atoms with Crippen LogP contribution in [0.3, 0.4) is 0 Å². The molecule has 1 atom stereocenters. The molecule has 0 radical (unpaired) electrons. The van der Waals surface area contributed by atoms with Gasteiger partial charge >= 0.3 is 0 Å². The van der Waals surface area contributed by atoms with Crippen molar-refractivity contribution in [1.29, 1.82) is 0 Å². The van der Waals surface area contributed by atoms with Crippen molar-refractivity contribution in [2.24, 2.45) is 0 Å². The average molecular weight is 234 g/mol. The fraction of sp³-hybridized carbons (Fsp3) is 1.00. The summed E-state index contributed by atoms with van der Waals surface area (Å²) in [6.07, 6.45) is 0.931. The summed E-state index contributed by atoms with van der Waals surface area (Å²) in [6, 6.07) is 0.157. The van der Waals surface area contributed by atoms with Crippen LogP contribution in [-0.2, 0) is 9.84 Å². The molecule has 1 unspecified atom stereocenters. The third-order valence-electron chi connectivity index (χ3n) is 2.99. The highest BCUT2D eigenvalue weighted by atomic mass is 32.2. The van der Waals surface area contributed by atoms with Crippen LogP contribution in [0.15, 0.2) is 0 Å². The Labute approximate surface area is 93.0 Å². The van der Waals surface area contributed by atoms with Gasteiger partial charge in [0.05, 0.1) is 11.5 Å². The van der Waals surface area contributed by atoms with Crippen LogP contribution in [0.2, 0.25) is 0 Å². The molecule has 1 heterocycles. The standard InChI is InChI=1S/C10H22N2O2S/c1-3-12(4-2)7-5-10-9-15(13,14)8-6-11-10/h10-11H,3-9H2,1-2H3. The van der Waals surface area contributed by atoms with E-state index in [9.17, 15) is 8.42 Å². The van der Waals surface area contributed by atoms with Gasteiger partial charge < -0.3 is 10.2 Å². The Kier molecular flexibility index (Phi) is 5.02. The zero-order chi connectivity index (χ0) is 11.3. The van der Waals surface area contributed by atoms with Crippen molar-refractivity contribution in [3.63, 3.8) is 0 Å². The van der Waals surface area contributed by atoms with Crippen molar-refractivity contribution in [3.8, 4) is 0 Å². The lowest BCUT2D eigenvalue weighted by Gasteiger charge is -2.26. The molecule has 1 fully saturated rings. The van der Waals surface area contributed by atoms with Crippen LogP contribution in [0.4, 0.5) is 0 Å². The highest BCUT2D eigenvalue weighted by molar-refractivity contribution is 7.91. The van der Waals surface area contributed by atoms with Gasteiger partial charge in [-0.2, -0.15) is 0 Å². The summed E-state index contributed by atoms with van der Waals surface area (Å²) in [7, 11) is -2.77. The van der Waals surface area contributed by atoms with Crippen LogP contribution in [0.1, 0.15) is 20.3 Å².